The lowest BCUT2D eigenvalue weighted by Gasteiger charge is -2.16. The minimum Gasteiger partial charge on any atom is -0.480 e. The summed E-state index contributed by atoms with van der Waals surface area (Å²) in [6.07, 6.45) is -0.728. The van der Waals surface area contributed by atoms with Gasteiger partial charge < -0.3 is 10.2 Å². The summed E-state index contributed by atoms with van der Waals surface area (Å²) < 4.78 is 0. The van der Waals surface area contributed by atoms with Crippen LogP contribution < -0.4 is 0 Å². The maximum Gasteiger partial charge on any atom is 0.408 e. The molecule has 1 aliphatic rings. The molecule has 1 amide bonds. The molecule has 0 unspecified atom stereocenters. The summed E-state index contributed by atoms with van der Waals surface area (Å²) in [6, 6.07) is -0.850. The van der Waals surface area contributed by atoms with Gasteiger partial charge >= 0.3 is 12.1 Å². The Kier molecular flexibility index (Phi) is 2.21. The van der Waals surface area contributed by atoms with Crippen LogP contribution in [0.3, 0.4) is 0 Å². The van der Waals surface area contributed by atoms with Gasteiger partial charge in [-0.3, -0.25) is 4.90 Å². The minimum absolute atomic E-state index is 0.141. The highest BCUT2D eigenvalue weighted by Gasteiger charge is 2.37. The molecule has 2 atom stereocenters. The van der Waals surface area contributed by atoms with Crippen LogP contribution in [0.2, 0.25) is 0 Å². The molecular formula is C7H11NO4. The predicted octanol–water partition coefficient (Wildman–Crippen LogP) is 0.459. The molecule has 68 valence electrons. The van der Waals surface area contributed by atoms with Gasteiger partial charge in [0.25, 0.3) is 0 Å². The molecule has 5 heteroatoms. The highest BCUT2D eigenvalue weighted by Crippen LogP contribution is 2.22. The predicted molar refractivity (Wildman–Crippen MR) is 39.9 cm³/mol. The molecule has 0 aliphatic carbocycles. The van der Waals surface area contributed by atoms with E-state index in [1.165, 1.54) is 0 Å². The molecule has 5 nitrogen and oxygen atoms in total. The van der Waals surface area contributed by atoms with E-state index in [9.17, 15) is 9.59 Å². The fourth-order valence-corrected chi connectivity index (χ4v) is 1.49. The molecular weight excluding hydrogens is 162 g/mol. The molecule has 2 N–H and O–H groups in total. The third-order valence-corrected chi connectivity index (χ3v) is 2.04. The van der Waals surface area contributed by atoms with Gasteiger partial charge in [-0.25, -0.2) is 9.59 Å². The molecule has 0 spiro atoms. The molecule has 0 bridgehead atoms. The molecule has 1 rings (SSSR count). The van der Waals surface area contributed by atoms with E-state index in [1.807, 2.05) is 6.92 Å². The fraction of sp³-hybridized carbons (Fsp3) is 0.714. The maximum absolute atomic E-state index is 10.6. The zero-order valence-electron chi connectivity index (χ0n) is 6.73. The average molecular weight is 173 g/mol. The molecule has 1 heterocycles. The first-order valence-electron chi connectivity index (χ1n) is 3.74. The minimum atomic E-state index is -1.15. The smallest absolute Gasteiger partial charge is 0.408 e. The zero-order valence-corrected chi connectivity index (χ0v) is 6.73. The van der Waals surface area contributed by atoms with Gasteiger partial charge in [-0.15, -0.1) is 0 Å². The first-order chi connectivity index (χ1) is 5.52. The van der Waals surface area contributed by atoms with Crippen LogP contribution in [0.15, 0.2) is 0 Å². The first kappa shape index (κ1) is 8.83. The van der Waals surface area contributed by atoms with Gasteiger partial charge in [-0.05, 0) is 12.3 Å². The van der Waals surface area contributed by atoms with Crippen LogP contribution in [0.4, 0.5) is 4.79 Å². The molecule has 1 saturated heterocycles. The summed E-state index contributed by atoms with van der Waals surface area (Å²) in [5.74, 6) is -0.913. The standard InChI is InChI=1S/C7H11NO4/c1-4-2-5(6(9)10)8(3-4)7(11)12/h4-5H,2-3H2,1H3,(H,9,10)(H,11,12)/t4-,5+/m0/s1. The Bertz CT molecular complexity index is 193. The topological polar surface area (TPSA) is 77.8 Å². The number of carbonyl (C=O) groups is 2. The Morgan fingerprint density at radius 1 is 1.42 bits per heavy atom. The number of amides is 1. The highest BCUT2D eigenvalue weighted by atomic mass is 16.4. The van der Waals surface area contributed by atoms with Gasteiger partial charge in [0.05, 0.1) is 0 Å². The van der Waals surface area contributed by atoms with Gasteiger partial charge in [-0.2, -0.15) is 0 Å². The van der Waals surface area contributed by atoms with Crippen molar-refractivity contribution < 1.29 is 19.8 Å². The fourth-order valence-electron chi connectivity index (χ4n) is 1.49. The number of hydrogen-bond acceptors (Lipinski definition) is 2. The quantitative estimate of drug-likeness (QED) is 0.603. The van der Waals surface area contributed by atoms with Crippen LogP contribution in [0, 0.1) is 5.92 Å². The van der Waals surface area contributed by atoms with E-state index in [2.05, 4.69) is 0 Å². The number of carboxylic acids is 1. The molecule has 1 aliphatic heterocycles. The van der Waals surface area contributed by atoms with Crippen LogP contribution in [-0.2, 0) is 4.79 Å². The summed E-state index contributed by atoms with van der Waals surface area (Å²) in [4.78, 5) is 22.1. The Morgan fingerprint density at radius 2 is 2.00 bits per heavy atom. The summed E-state index contributed by atoms with van der Waals surface area (Å²) >= 11 is 0. The van der Waals surface area contributed by atoms with Gasteiger partial charge in [-0.1, -0.05) is 6.92 Å². The SMILES string of the molecule is C[C@H]1C[C@H](C(=O)O)N(C(=O)O)C1. The van der Waals surface area contributed by atoms with Crippen molar-refractivity contribution in [2.24, 2.45) is 5.92 Å². The largest absolute Gasteiger partial charge is 0.480 e. The van der Waals surface area contributed by atoms with Crippen molar-refractivity contribution >= 4 is 12.1 Å². The summed E-state index contributed by atoms with van der Waals surface area (Å²) in [5, 5.41) is 17.3. The van der Waals surface area contributed by atoms with Crippen molar-refractivity contribution in [3.05, 3.63) is 0 Å². The molecule has 1 fully saturated rings. The lowest BCUT2D eigenvalue weighted by atomic mass is 10.1. The number of aliphatic carboxylic acids is 1. The van der Waals surface area contributed by atoms with Gasteiger partial charge in [0.15, 0.2) is 0 Å². The summed E-state index contributed by atoms with van der Waals surface area (Å²) in [6.45, 7) is 2.17. The van der Waals surface area contributed by atoms with E-state index >= 15 is 0 Å². The van der Waals surface area contributed by atoms with E-state index in [4.69, 9.17) is 10.2 Å². The first-order valence-corrected chi connectivity index (χ1v) is 3.74. The lowest BCUT2D eigenvalue weighted by molar-refractivity contribution is -0.141. The third-order valence-electron chi connectivity index (χ3n) is 2.04. The second-order valence-electron chi connectivity index (χ2n) is 3.13. The van der Waals surface area contributed by atoms with Crippen LogP contribution in [0.1, 0.15) is 13.3 Å². The van der Waals surface area contributed by atoms with Gasteiger partial charge in [0, 0.05) is 6.54 Å². The second kappa shape index (κ2) is 3.00. The van der Waals surface area contributed by atoms with Crippen molar-refractivity contribution in [2.75, 3.05) is 6.54 Å². The third kappa shape index (κ3) is 1.49. The molecule has 0 aromatic carbocycles. The Labute approximate surface area is 69.6 Å². The van der Waals surface area contributed by atoms with E-state index in [0.717, 1.165) is 4.90 Å². The Balaban J connectivity index is 2.72. The zero-order chi connectivity index (χ0) is 9.30. The number of nitrogens with zero attached hydrogens (tertiary/aromatic N) is 1. The lowest BCUT2D eigenvalue weighted by Crippen LogP contribution is -2.39. The van der Waals surface area contributed by atoms with Gasteiger partial charge in [0.1, 0.15) is 6.04 Å². The Morgan fingerprint density at radius 3 is 2.33 bits per heavy atom. The molecule has 0 radical (unpaired) electrons. The van der Waals surface area contributed by atoms with Crippen LogP contribution in [0.25, 0.3) is 0 Å². The number of rotatable bonds is 1. The van der Waals surface area contributed by atoms with E-state index in [-0.39, 0.29) is 5.92 Å². The molecule has 0 saturated carbocycles. The van der Waals surface area contributed by atoms with E-state index in [0.29, 0.717) is 13.0 Å². The summed E-state index contributed by atoms with van der Waals surface area (Å²) in [5.41, 5.74) is 0. The van der Waals surface area contributed by atoms with Gasteiger partial charge in [0.2, 0.25) is 0 Å². The highest BCUT2D eigenvalue weighted by molar-refractivity contribution is 5.80. The number of hydrogen-bond donors (Lipinski definition) is 2. The summed E-state index contributed by atoms with van der Waals surface area (Å²) in [7, 11) is 0. The normalized spacial score (nSPS) is 28.9. The number of likely N-dealkylation sites (tertiary alicyclic amines) is 1. The van der Waals surface area contributed by atoms with Crippen molar-refractivity contribution in [3.8, 4) is 0 Å². The van der Waals surface area contributed by atoms with E-state index < -0.39 is 18.1 Å². The molecule has 12 heavy (non-hydrogen) atoms. The van der Waals surface area contributed by atoms with Crippen molar-refractivity contribution in [2.45, 2.75) is 19.4 Å². The van der Waals surface area contributed by atoms with Crippen molar-refractivity contribution in [3.63, 3.8) is 0 Å². The van der Waals surface area contributed by atoms with Crippen molar-refractivity contribution in [1.29, 1.82) is 0 Å². The van der Waals surface area contributed by atoms with Crippen molar-refractivity contribution in [1.82, 2.24) is 4.90 Å². The average Bonchev–Trinajstić information content (AvgIpc) is 2.31. The Hall–Kier alpha value is -1.26. The van der Waals surface area contributed by atoms with E-state index in [1.54, 1.807) is 0 Å². The molecule has 0 aromatic heterocycles. The maximum atomic E-state index is 10.6. The second-order valence-corrected chi connectivity index (χ2v) is 3.13. The van der Waals surface area contributed by atoms with Crippen LogP contribution in [0.5, 0.6) is 0 Å². The molecule has 0 aromatic rings. The monoisotopic (exact) mass is 173 g/mol. The van der Waals surface area contributed by atoms with Crippen LogP contribution >= 0.6 is 0 Å². The number of carboxylic acid groups (broad SMARTS) is 2. The van der Waals surface area contributed by atoms with Crippen LogP contribution in [-0.4, -0.2) is 39.8 Å².